The van der Waals surface area contributed by atoms with Gasteiger partial charge in [-0.2, -0.15) is 0 Å². The summed E-state index contributed by atoms with van der Waals surface area (Å²) < 4.78 is 68.0. The number of hydrogen-bond acceptors (Lipinski definition) is 15. The molecule has 17 nitrogen and oxygen atoms in total. The molecule has 0 rings (SSSR count). The zero-order valence-corrected chi connectivity index (χ0v) is 58.3. The molecule has 0 aromatic carbocycles. The Bertz CT molecular complexity index is 1720. The van der Waals surface area contributed by atoms with Crippen LogP contribution in [0.25, 0.3) is 0 Å². The van der Waals surface area contributed by atoms with Crippen LogP contribution in [0, 0.1) is 17.8 Å². The number of rotatable bonds is 66. The van der Waals surface area contributed by atoms with Crippen molar-refractivity contribution in [2.24, 2.45) is 17.8 Å². The summed E-state index contributed by atoms with van der Waals surface area (Å²) in [6, 6.07) is 0. The first kappa shape index (κ1) is 85.1. The Kier molecular flexibility index (Phi) is 57.8. The lowest BCUT2D eigenvalue weighted by atomic mass is 9.99. The molecule has 0 fully saturated rings. The summed E-state index contributed by atoms with van der Waals surface area (Å²) in [7, 11) is -9.89. The lowest BCUT2D eigenvalue weighted by molar-refractivity contribution is -0.161. The second-order valence-electron chi connectivity index (χ2n) is 25.8. The first-order valence-electron chi connectivity index (χ1n) is 35.4. The normalized spacial score (nSPS) is 14.6. The monoisotopic (exact) mass is 1280 g/mol. The fraction of sp³-hybridized carbons (Fsp3) is 0.941. The average molecular weight is 1280 g/mol. The van der Waals surface area contributed by atoms with Gasteiger partial charge in [0.15, 0.2) is 12.2 Å². The van der Waals surface area contributed by atoms with Crippen LogP contribution in [0.15, 0.2) is 0 Å². The third-order valence-corrected chi connectivity index (χ3v) is 17.9. The minimum absolute atomic E-state index is 0.102. The Balaban J connectivity index is 5.16. The van der Waals surface area contributed by atoms with E-state index in [9.17, 15) is 43.2 Å². The van der Waals surface area contributed by atoms with Crippen molar-refractivity contribution in [3.63, 3.8) is 0 Å². The largest absolute Gasteiger partial charge is 0.472 e. The van der Waals surface area contributed by atoms with E-state index >= 15 is 0 Å². The van der Waals surface area contributed by atoms with Crippen molar-refractivity contribution in [3.05, 3.63) is 0 Å². The highest BCUT2D eigenvalue weighted by Crippen LogP contribution is 2.45. The molecule has 0 aliphatic carbocycles. The molecular formula is C68H132O17P2. The molecule has 0 aromatic rings. The molecule has 3 N–H and O–H groups in total. The maximum Gasteiger partial charge on any atom is 0.472 e. The van der Waals surface area contributed by atoms with Gasteiger partial charge >= 0.3 is 39.5 Å². The number of aliphatic hydroxyl groups excluding tert-OH is 1. The van der Waals surface area contributed by atoms with Crippen molar-refractivity contribution in [1.29, 1.82) is 0 Å². The highest BCUT2D eigenvalue weighted by molar-refractivity contribution is 7.47. The van der Waals surface area contributed by atoms with E-state index in [1.807, 2.05) is 0 Å². The number of unbranched alkanes of at least 4 members (excludes halogenated alkanes) is 33. The summed E-state index contributed by atoms with van der Waals surface area (Å²) in [5.74, 6) is 0.171. The second kappa shape index (κ2) is 59.1. The molecule has 0 aliphatic rings. The van der Waals surface area contributed by atoms with Gasteiger partial charge in [-0.1, -0.05) is 286 Å². The number of phosphoric ester groups is 2. The molecule has 0 saturated carbocycles. The molecule has 0 radical (unpaired) electrons. The van der Waals surface area contributed by atoms with Gasteiger partial charge in [-0.15, -0.1) is 0 Å². The number of esters is 4. The zero-order chi connectivity index (χ0) is 64.5. The van der Waals surface area contributed by atoms with Gasteiger partial charge in [-0.05, 0) is 43.4 Å². The van der Waals surface area contributed by atoms with E-state index in [2.05, 4.69) is 48.5 Å². The number of hydrogen-bond donors (Lipinski definition) is 3. The van der Waals surface area contributed by atoms with Crippen molar-refractivity contribution in [1.82, 2.24) is 0 Å². The molecule has 87 heavy (non-hydrogen) atoms. The fourth-order valence-electron chi connectivity index (χ4n) is 10.2. The summed E-state index contributed by atoms with van der Waals surface area (Å²) in [6.45, 7) is 11.7. The zero-order valence-electron chi connectivity index (χ0n) is 56.5. The number of carbonyl (C=O) groups excluding carboxylic acids is 4. The molecule has 0 heterocycles. The summed E-state index contributed by atoms with van der Waals surface area (Å²) in [4.78, 5) is 72.1. The number of carbonyl (C=O) groups is 4. The van der Waals surface area contributed by atoms with E-state index in [0.717, 1.165) is 108 Å². The first-order valence-corrected chi connectivity index (χ1v) is 38.4. The summed E-state index contributed by atoms with van der Waals surface area (Å²) >= 11 is 0. The van der Waals surface area contributed by atoms with Crippen LogP contribution in [-0.2, 0) is 65.4 Å². The van der Waals surface area contributed by atoms with Crippen LogP contribution < -0.4 is 0 Å². The predicted octanol–water partition coefficient (Wildman–Crippen LogP) is 19.1. The summed E-state index contributed by atoms with van der Waals surface area (Å²) in [5, 5.41) is 10.5. The van der Waals surface area contributed by atoms with Gasteiger partial charge in [0.2, 0.25) is 0 Å². The Labute approximate surface area is 530 Å². The maximum absolute atomic E-state index is 13.0. The third-order valence-electron chi connectivity index (χ3n) is 16.0. The van der Waals surface area contributed by atoms with Crippen LogP contribution in [0.3, 0.4) is 0 Å². The molecular weight excluding hydrogens is 1150 g/mol. The highest BCUT2D eigenvalue weighted by Gasteiger charge is 2.30. The molecule has 0 aliphatic heterocycles. The predicted molar refractivity (Wildman–Crippen MR) is 349 cm³/mol. The Morgan fingerprint density at radius 1 is 0.333 bits per heavy atom. The lowest BCUT2D eigenvalue weighted by Gasteiger charge is -2.21. The van der Waals surface area contributed by atoms with E-state index in [4.69, 9.17) is 37.0 Å². The first-order chi connectivity index (χ1) is 41.8. The Morgan fingerprint density at radius 3 is 0.874 bits per heavy atom. The number of phosphoric acid groups is 2. The highest BCUT2D eigenvalue weighted by atomic mass is 31.2. The Morgan fingerprint density at radius 2 is 0.586 bits per heavy atom. The molecule has 0 saturated heterocycles. The van der Waals surface area contributed by atoms with Gasteiger partial charge in [0, 0.05) is 25.7 Å². The van der Waals surface area contributed by atoms with E-state index in [-0.39, 0.29) is 25.7 Å². The molecule has 0 bridgehead atoms. The maximum atomic E-state index is 13.0. The van der Waals surface area contributed by atoms with Crippen LogP contribution >= 0.6 is 15.6 Å². The number of aliphatic hydroxyl groups is 1. The van der Waals surface area contributed by atoms with Gasteiger partial charge in [0.1, 0.15) is 19.3 Å². The molecule has 6 atom stereocenters. The molecule has 3 unspecified atom stereocenters. The minimum Gasteiger partial charge on any atom is -0.462 e. The quantitative estimate of drug-likeness (QED) is 0.0222. The molecule has 0 amide bonds. The molecule has 516 valence electrons. The topological polar surface area (TPSA) is 237 Å². The summed E-state index contributed by atoms with van der Waals surface area (Å²) in [6.07, 6.45) is 42.1. The summed E-state index contributed by atoms with van der Waals surface area (Å²) in [5.41, 5.74) is 0. The SMILES string of the molecule is CCCCCCCC(=O)OC[C@H](COP(=O)(O)OC[C@H](O)COP(=O)(O)OC[C@@H](COC(=O)CCCCCCCCCCCCCC(C)C)OC(=O)CCCCCCCCCCCCCCCCC(C)CC)OC(=O)CCCCCCCCCC(C)C. The van der Waals surface area contributed by atoms with Crippen LogP contribution in [0.2, 0.25) is 0 Å². The van der Waals surface area contributed by atoms with Gasteiger partial charge < -0.3 is 33.8 Å². The second-order valence-corrected chi connectivity index (χ2v) is 28.7. The number of ether oxygens (including phenoxy) is 4. The van der Waals surface area contributed by atoms with E-state index in [1.54, 1.807) is 0 Å². The minimum atomic E-state index is -4.95. The molecule has 0 aromatic heterocycles. The smallest absolute Gasteiger partial charge is 0.462 e. The van der Waals surface area contributed by atoms with Gasteiger partial charge in [-0.3, -0.25) is 37.3 Å². The van der Waals surface area contributed by atoms with Crippen molar-refractivity contribution >= 4 is 39.5 Å². The van der Waals surface area contributed by atoms with Gasteiger partial charge in [-0.25, -0.2) is 9.13 Å². The van der Waals surface area contributed by atoms with Crippen molar-refractivity contribution in [2.75, 3.05) is 39.6 Å². The van der Waals surface area contributed by atoms with Crippen molar-refractivity contribution in [2.45, 2.75) is 356 Å². The Hall–Kier alpha value is -1.94. The third kappa shape index (κ3) is 61.3. The van der Waals surface area contributed by atoms with E-state index in [1.165, 1.54) is 141 Å². The van der Waals surface area contributed by atoms with Crippen molar-refractivity contribution in [3.8, 4) is 0 Å². The van der Waals surface area contributed by atoms with Crippen LogP contribution in [-0.4, -0.2) is 96.7 Å². The van der Waals surface area contributed by atoms with Crippen LogP contribution in [0.5, 0.6) is 0 Å². The van der Waals surface area contributed by atoms with E-state index in [0.29, 0.717) is 31.6 Å². The van der Waals surface area contributed by atoms with Crippen molar-refractivity contribution < 1.29 is 80.2 Å². The standard InChI is InChI=1S/C68H132O17P2/c1-8-10-11-32-42-49-65(70)78-55-63(84-68(73)52-45-38-31-25-27-34-40-47-60(5)6)57-82-86(74,75)80-53-62(69)54-81-87(76,77)83-58-64(56-79-66(71)50-43-36-29-23-20-16-17-21-26-33-39-46-59(3)4)85-67(72)51-44-37-30-24-19-15-13-12-14-18-22-28-35-41-48-61(7)9-2/h59-64,69H,8-58H2,1-7H3,(H,74,75)(H,76,77)/t61?,62-,63+,64+/m0/s1. The molecule has 0 spiro atoms. The van der Waals surface area contributed by atoms with Crippen LogP contribution in [0.1, 0.15) is 337 Å². The van der Waals surface area contributed by atoms with E-state index < -0.39 is 97.5 Å². The fourth-order valence-corrected chi connectivity index (χ4v) is 11.7. The van der Waals surface area contributed by atoms with Gasteiger partial charge in [0.25, 0.3) is 0 Å². The van der Waals surface area contributed by atoms with Crippen LogP contribution in [0.4, 0.5) is 0 Å². The lowest BCUT2D eigenvalue weighted by Crippen LogP contribution is -2.30. The van der Waals surface area contributed by atoms with Gasteiger partial charge in [0.05, 0.1) is 26.4 Å². The average Bonchev–Trinajstić information content (AvgIpc) is 3.51. The molecule has 19 heteroatoms.